The summed E-state index contributed by atoms with van der Waals surface area (Å²) < 4.78 is 62.4. The Morgan fingerprint density at radius 1 is 1.07 bits per heavy atom. The van der Waals surface area contributed by atoms with Crippen molar-refractivity contribution in [2.75, 3.05) is 61.6 Å². The number of benzene rings is 1. The molecule has 5 rings (SSSR count). The van der Waals surface area contributed by atoms with Crippen LogP contribution in [0.5, 0.6) is 0 Å². The molecule has 0 saturated carbocycles. The highest BCUT2D eigenvalue weighted by atomic mass is 19.4. The maximum atomic E-state index is 15.8. The van der Waals surface area contributed by atoms with Gasteiger partial charge in [0, 0.05) is 62.2 Å². The number of aromatic nitrogens is 3. The van der Waals surface area contributed by atoms with E-state index in [1.54, 1.807) is 6.20 Å². The number of anilines is 3. The lowest BCUT2D eigenvalue weighted by molar-refractivity contribution is -0.138. The fraction of sp³-hybridized carbons (Fsp3) is 0.429. The molecular formula is C28H31F4N7O3. The van der Waals surface area contributed by atoms with E-state index < -0.39 is 34.6 Å². The number of rotatable bonds is 5. The van der Waals surface area contributed by atoms with Gasteiger partial charge in [-0.25, -0.2) is 9.37 Å². The molecule has 0 aliphatic carbocycles. The number of nitrogens with one attached hydrogen (secondary N) is 2. The van der Waals surface area contributed by atoms with Crippen molar-refractivity contribution in [3.05, 3.63) is 64.1 Å². The molecule has 2 N–H and O–H groups in total. The van der Waals surface area contributed by atoms with Crippen LogP contribution >= 0.6 is 0 Å². The van der Waals surface area contributed by atoms with Crippen molar-refractivity contribution in [3.8, 4) is 11.3 Å². The number of ether oxygens (including phenoxy) is 1. The number of hydrogen-bond donors (Lipinski definition) is 2. The third-order valence-corrected chi connectivity index (χ3v) is 7.74. The topological polar surface area (TPSA) is 107 Å². The third-order valence-electron chi connectivity index (χ3n) is 7.74. The van der Waals surface area contributed by atoms with Gasteiger partial charge in [0.2, 0.25) is 5.56 Å². The first kappa shape index (κ1) is 29.5. The lowest BCUT2D eigenvalue weighted by atomic mass is 10.0. The minimum atomic E-state index is -4.95. The van der Waals surface area contributed by atoms with Crippen molar-refractivity contribution < 1.29 is 27.1 Å². The number of H-pyrrole nitrogens is 1. The zero-order valence-electron chi connectivity index (χ0n) is 23.3. The Labute approximate surface area is 239 Å². The predicted octanol–water partition coefficient (Wildman–Crippen LogP) is 3.61. The molecule has 3 aromatic rings. The SMILES string of the molecule is C[C@@H]1CN(c2cc(F)c(-c3cncc(N4CCOCC4)n3)cc2NC(=O)c2c[nH]c(=O)cc2C(F)(F)F)C[C@H](C)N1C. The molecule has 1 amide bonds. The molecule has 2 aliphatic rings. The van der Waals surface area contributed by atoms with Gasteiger partial charge in [-0.2, -0.15) is 13.2 Å². The van der Waals surface area contributed by atoms with Crippen LogP contribution in [0.3, 0.4) is 0 Å². The minimum Gasteiger partial charge on any atom is -0.378 e. The molecule has 14 heteroatoms. The van der Waals surface area contributed by atoms with Crippen molar-refractivity contribution >= 4 is 23.1 Å². The van der Waals surface area contributed by atoms with E-state index >= 15 is 4.39 Å². The van der Waals surface area contributed by atoms with E-state index in [1.165, 1.54) is 18.3 Å². The van der Waals surface area contributed by atoms with E-state index in [2.05, 4.69) is 25.2 Å². The van der Waals surface area contributed by atoms with Gasteiger partial charge in [-0.15, -0.1) is 0 Å². The number of halogens is 4. The van der Waals surface area contributed by atoms with E-state index in [1.807, 2.05) is 30.7 Å². The van der Waals surface area contributed by atoms with Crippen molar-refractivity contribution in [3.63, 3.8) is 0 Å². The smallest absolute Gasteiger partial charge is 0.378 e. The third kappa shape index (κ3) is 6.09. The average molecular weight is 590 g/mol. The van der Waals surface area contributed by atoms with Crippen LogP contribution in [0.4, 0.5) is 34.8 Å². The van der Waals surface area contributed by atoms with Gasteiger partial charge in [0.05, 0.1) is 53.8 Å². The van der Waals surface area contributed by atoms with Crippen LogP contribution in [-0.4, -0.2) is 84.3 Å². The van der Waals surface area contributed by atoms with E-state index in [-0.39, 0.29) is 29.0 Å². The molecule has 0 spiro atoms. The monoisotopic (exact) mass is 589 g/mol. The van der Waals surface area contributed by atoms with Gasteiger partial charge >= 0.3 is 6.18 Å². The zero-order valence-corrected chi connectivity index (χ0v) is 23.3. The summed E-state index contributed by atoms with van der Waals surface area (Å²) in [5.74, 6) is -1.22. The molecule has 2 aliphatic heterocycles. The average Bonchev–Trinajstić information content (AvgIpc) is 2.96. The Bertz CT molecular complexity index is 1510. The van der Waals surface area contributed by atoms with Gasteiger partial charge < -0.3 is 24.8 Å². The molecule has 1 aromatic carbocycles. The van der Waals surface area contributed by atoms with Crippen LogP contribution in [0, 0.1) is 5.82 Å². The number of likely N-dealkylation sites (N-methyl/N-ethyl adjacent to an activating group) is 1. The summed E-state index contributed by atoms with van der Waals surface area (Å²) in [6.07, 6.45) is -1.28. The fourth-order valence-electron chi connectivity index (χ4n) is 5.24. The Morgan fingerprint density at radius 3 is 2.43 bits per heavy atom. The lowest BCUT2D eigenvalue weighted by Crippen LogP contribution is -2.55. The Kier molecular flexibility index (Phi) is 8.19. The Hall–Kier alpha value is -4.04. The molecule has 0 bridgehead atoms. The molecule has 42 heavy (non-hydrogen) atoms. The number of amides is 1. The van der Waals surface area contributed by atoms with Gasteiger partial charge in [0.25, 0.3) is 5.91 Å². The van der Waals surface area contributed by atoms with Crippen LogP contribution < -0.4 is 20.7 Å². The summed E-state index contributed by atoms with van der Waals surface area (Å²) in [6, 6.07) is 3.11. The summed E-state index contributed by atoms with van der Waals surface area (Å²) in [5, 5.41) is 2.55. The highest BCUT2D eigenvalue weighted by molar-refractivity contribution is 6.07. The number of carbonyl (C=O) groups is 1. The molecule has 224 valence electrons. The molecule has 4 heterocycles. The molecule has 2 fully saturated rings. The maximum Gasteiger partial charge on any atom is 0.417 e. The van der Waals surface area contributed by atoms with E-state index in [0.717, 1.165) is 6.20 Å². The number of carbonyl (C=O) groups excluding carboxylic acids is 1. The van der Waals surface area contributed by atoms with Gasteiger partial charge in [-0.3, -0.25) is 19.5 Å². The number of hydrogen-bond acceptors (Lipinski definition) is 8. The number of aromatic amines is 1. The van der Waals surface area contributed by atoms with Crippen molar-refractivity contribution in [1.29, 1.82) is 0 Å². The molecule has 2 atom stereocenters. The Balaban J connectivity index is 1.58. The first-order chi connectivity index (χ1) is 19.9. The van der Waals surface area contributed by atoms with Gasteiger partial charge in [0.1, 0.15) is 11.6 Å². The summed E-state index contributed by atoms with van der Waals surface area (Å²) >= 11 is 0. The summed E-state index contributed by atoms with van der Waals surface area (Å²) in [7, 11) is 1.98. The van der Waals surface area contributed by atoms with E-state index in [0.29, 0.717) is 57.0 Å². The molecule has 0 radical (unpaired) electrons. The Morgan fingerprint density at radius 2 is 1.76 bits per heavy atom. The van der Waals surface area contributed by atoms with Crippen molar-refractivity contribution in [2.45, 2.75) is 32.1 Å². The first-order valence-corrected chi connectivity index (χ1v) is 13.5. The number of piperazine rings is 1. The first-order valence-electron chi connectivity index (χ1n) is 13.5. The molecule has 10 nitrogen and oxygen atoms in total. The van der Waals surface area contributed by atoms with E-state index in [9.17, 15) is 22.8 Å². The number of morpholine rings is 1. The standard InChI is InChI=1S/C28H31F4N7O3/c1-16-14-39(15-17(2)37(16)3)24-10-21(29)18(23-12-33-13-25(35-23)38-4-6-42-7-5-38)8-22(24)36-27(41)19-11-34-26(40)9-20(19)28(30,31)32/h8-13,16-17H,4-7,14-15H2,1-3H3,(H,34,40)(H,36,41)/t16-,17+. The van der Waals surface area contributed by atoms with Crippen LogP contribution in [0.15, 0.2) is 41.6 Å². The molecular weight excluding hydrogens is 558 g/mol. The van der Waals surface area contributed by atoms with Gasteiger partial charge in [-0.1, -0.05) is 0 Å². The lowest BCUT2D eigenvalue weighted by Gasteiger charge is -2.44. The molecule has 2 saturated heterocycles. The molecule has 0 unspecified atom stereocenters. The van der Waals surface area contributed by atoms with Crippen molar-refractivity contribution in [1.82, 2.24) is 19.9 Å². The van der Waals surface area contributed by atoms with Crippen molar-refractivity contribution in [2.24, 2.45) is 0 Å². The van der Waals surface area contributed by atoms with Crippen LogP contribution in [0.2, 0.25) is 0 Å². The minimum absolute atomic E-state index is 0.0180. The predicted molar refractivity (Wildman–Crippen MR) is 149 cm³/mol. The van der Waals surface area contributed by atoms with Crippen LogP contribution in [0.25, 0.3) is 11.3 Å². The second kappa shape index (κ2) is 11.7. The number of nitrogens with zero attached hydrogens (tertiary/aromatic N) is 5. The van der Waals surface area contributed by atoms with Gasteiger partial charge in [0.15, 0.2) is 0 Å². The quantitative estimate of drug-likeness (QED) is 0.435. The molecule has 2 aromatic heterocycles. The van der Waals surface area contributed by atoms with E-state index in [4.69, 9.17) is 4.74 Å². The highest BCUT2D eigenvalue weighted by Crippen LogP contribution is 2.37. The highest BCUT2D eigenvalue weighted by Gasteiger charge is 2.36. The zero-order chi connectivity index (χ0) is 30.2. The second-order valence-electron chi connectivity index (χ2n) is 10.6. The summed E-state index contributed by atoms with van der Waals surface area (Å²) in [4.78, 5) is 41.9. The number of pyridine rings is 1. The fourth-order valence-corrected chi connectivity index (χ4v) is 5.24. The summed E-state index contributed by atoms with van der Waals surface area (Å²) in [5.41, 5.74) is -2.53. The van der Waals surface area contributed by atoms with Crippen LogP contribution in [0.1, 0.15) is 29.8 Å². The summed E-state index contributed by atoms with van der Waals surface area (Å²) in [6.45, 7) is 7.18. The second-order valence-corrected chi connectivity index (χ2v) is 10.6. The number of alkyl halides is 3. The van der Waals surface area contributed by atoms with Gasteiger partial charge in [-0.05, 0) is 27.0 Å². The van der Waals surface area contributed by atoms with Crippen LogP contribution in [-0.2, 0) is 10.9 Å². The maximum absolute atomic E-state index is 15.8. The largest absolute Gasteiger partial charge is 0.417 e. The normalized spacial score (nSPS) is 20.1.